The highest BCUT2D eigenvalue weighted by Gasteiger charge is 2.28. The van der Waals surface area contributed by atoms with E-state index in [-0.39, 0.29) is 5.78 Å². The van der Waals surface area contributed by atoms with E-state index in [1.165, 1.54) is 6.20 Å². The molecule has 0 saturated heterocycles. The molecule has 3 rings (SSSR count). The van der Waals surface area contributed by atoms with E-state index in [0.29, 0.717) is 35.4 Å². The molecule has 0 amide bonds. The molecule has 0 spiro atoms. The van der Waals surface area contributed by atoms with Gasteiger partial charge in [0.2, 0.25) is 0 Å². The maximum atomic E-state index is 12.8. The zero-order valence-electron chi connectivity index (χ0n) is 13.5. The van der Waals surface area contributed by atoms with Crippen LogP contribution in [-0.4, -0.2) is 10.8 Å². The summed E-state index contributed by atoms with van der Waals surface area (Å²) in [6.45, 7) is -0.648. The van der Waals surface area contributed by atoms with E-state index < -0.39 is 12.7 Å². The Labute approximate surface area is 145 Å². The number of allylic oxidation sites excluding steroid dienone is 1. The first-order valence-electron chi connectivity index (χ1n) is 7.92. The highest BCUT2D eigenvalue weighted by atomic mass is 19.1. The number of Topliss-reactive ketones (excluding diaryl/α,β-unsaturated/α-hetero) is 1. The predicted octanol–water partition coefficient (Wildman–Crippen LogP) is 3.15. The first-order chi connectivity index (χ1) is 12.1. The number of benzene rings is 1. The van der Waals surface area contributed by atoms with Gasteiger partial charge in [-0.3, -0.25) is 9.78 Å². The van der Waals surface area contributed by atoms with Crippen LogP contribution in [0.2, 0.25) is 0 Å². The maximum Gasteiger partial charge on any atom is 0.162 e. The number of halogens is 1. The second kappa shape index (κ2) is 7.24. The van der Waals surface area contributed by atoms with E-state index in [1.54, 1.807) is 36.4 Å². The molecule has 2 aromatic rings. The number of pyridine rings is 1. The van der Waals surface area contributed by atoms with Crippen molar-refractivity contribution in [1.29, 1.82) is 5.26 Å². The fraction of sp³-hybridized carbons (Fsp3) is 0.211. The molecule has 0 saturated carbocycles. The molecular weight excluding hydrogens is 319 g/mol. The van der Waals surface area contributed by atoms with E-state index in [2.05, 4.69) is 16.4 Å². The van der Waals surface area contributed by atoms with Gasteiger partial charge in [0.1, 0.15) is 6.67 Å². The Morgan fingerprint density at radius 1 is 1.28 bits per heavy atom. The lowest BCUT2D eigenvalue weighted by molar-refractivity contribution is -0.115. The van der Waals surface area contributed by atoms with Crippen molar-refractivity contribution in [3.05, 3.63) is 70.7 Å². The summed E-state index contributed by atoms with van der Waals surface area (Å²) in [6, 6.07) is 11.7. The standard InChI is InChI=1S/C19H17FN4O/c20-10-15-9-14(7-8-23-15)24-16-5-6-17(25)18(16)19(22)13-3-1-12(11-21)2-4-13/h1-4,7-9,19H,5-6,10,22H2,(H,23,24). The number of nitrogens with one attached hydrogen (secondary N) is 1. The number of alkyl halides is 1. The number of aromatic nitrogens is 1. The fourth-order valence-electron chi connectivity index (χ4n) is 2.90. The normalized spacial score (nSPS) is 15.2. The fourth-order valence-corrected chi connectivity index (χ4v) is 2.90. The zero-order chi connectivity index (χ0) is 17.8. The average Bonchev–Trinajstić information content (AvgIpc) is 3.01. The third-order valence-electron chi connectivity index (χ3n) is 4.19. The molecule has 0 aliphatic heterocycles. The summed E-state index contributed by atoms with van der Waals surface area (Å²) in [6.07, 6.45) is 2.48. The Hall–Kier alpha value is -3.04. The van der Waals surface area contributed by atoms with Crippen LogP contribution in [0.3, 0.4) is 0 Å². The minimum Gasteiger partial charge on any atom is -0.358 e. The highest BCUT2D eigenvalue weighted by molar-refractivity contribution is 6.00. The van der Waals surface area contributed by atoms with Crippen molar-refractivity contribution in [2.75, 3.05) is 5.32 Å². The highest BCUT2D eigenvalue weighted by Crippen LogP contribution is 2.32. The second-order valence-electron chi connectivity index (χ2n) is 5.82. The summed E-state index contributed by atoms with van der Waals surface area (Å²) in [5, 5.41) is 12.1. The van der Waals surface area contributed by atoms with Crippen molar-refractivity contribution < 1.29 is 9.18 Å². The van der Waals surface area contributed by atoms with Gasteiger partial charge in [-0.15, -0.1) is 0 Å². The molecule has 0 bridgehead atoms. The quantitative estimate of drug-likeness (QED) is 0.875. The summed E-state index contributed by atoms with van der Waals surface area (Å²) < 4.78 is 12.8. The van der Waals surface area contributed by atoms with Gasteiger partial charge in [-0.1, -0.05) is 12.1 Å². The summed E-state index contributed by atoms with van der Waals surface area (Å²) >= 11 is 0. The molecule has 3 N–H and O–H groups in total. The number of hydrogen-bond acceptors (Lipinski definition) is 5. The smallest absolute Gasteiger partial charge is 0.162 e. The first kappa shape index (κ1) is 16.8. The first-order valence-corrected chi connectivity index (χ1v) is 7.92. The van der Waals surface area contributed by atoms with E-state index in [1.807, 2.05) is 0 Å². The molecule has 6 heteroatoms. The van der Waals surface area contributed by atoms with Gasteiger partial charge < -0.3 is 11.1 Å². The Bertz CT molecular complexity index is 868. The van der Waals surface area contributed by atoms with Crippen molar-refractivity contribution in [2.45, 2.75) is 25.6 Å². The number of ketones is 1. The molecule has 1 aromatic carbocycles. The van der Waals surface area contributed by atoms with Crippen LogP contribution in [-0.2, 0) is 11.5 Å². The van der Waals surface area contributed by atoms with Crippen LogP contribution < -0.4 is 11.1 Å². The lowest BCUT2D eigenvalue weighted by Gasteiger charge is -2.16. The largest absolute Gasteiger partial charge is 0.358 e. The molecular formula is C19H17FN4O. The van der Waals surface area contributed by atoms with Crippen LogP contribution in [0.5, 0.6) is 0 Å². The summed E-state index contributed by atoms with van der Waals surface area (Å²) in [7, 11) is 0. The van der Waals surface area contributed by atoms with E-state index >= 15 is 0 Å². The lowest BCUT2D eigenvalue weighted by atomic mass is 9.96. The lowest BCUT2D eigenvalue weighted by Crippen LogP contribution is -2.19. The van der Waals surface area contributed by atoms with Crippen LogP contribution in [0.1, 0.15) is 35.7 Å². The molecule has 126 valence electrons. The molecule has 0 radical (unpaired) electrons. The van der Waals surface area contributed by atoms with Crippen LogP contribution in [0, 0.1) is 11.3 Å². The number of carbonyl (C=O) groups excluding carboxylic acids is 1. The number of nitrogens with zero attached hydrogens (tertiary/aromatic N) is 2. The maximum absolute atomic E-state index is 12.8. The van der Waals surface area contributed by atoms with Crippen molar-refractivity contribution in [2.24, 2.45) is 5.73 Å². The molecule has 25 heavy (non-hydrogen) atoms. The molecule has 1 heterocycles. The van der Waals surface area contributed by atoms with Gasteiger partial charge >= 0.3 is 0 Å². The minimum absolute atomic E-state index is 0.000805. The Morgan fingerprint density at radius 2 is 2.04 bits per heavy atom. The Balaban J connectivity index is 1.90. The Kier molecular flexibility index (Phi) is 4.87. The van der Waals surface area contributed by atoms with Gasteiger partial charge in [0.15, 0.2) is 5.78 Å². The molecule has 1 aromatic heterocycles. The number of anilines is 1. The third kappa shape index (κ3) is 3.57. The van der Waals surface area contributed by atoms with Crippen molar-refractivity contribution in [3.8, 4) is 6.07 Å². The molecule has 1 aliphatic carbocycles. The SMILES string of the molecule is N#Cc1ccc(C(N)C2=C(Nc3ccnc(CF)c3)CCC2=O)cc1. The van der Waals surface area contributed by atoms with E-state index in [0.717, 1.165) is 11.3 Å². The average molecular weight is 336 g/mol. The van der Waals surface area contributed by atoms with E-state index in [4.69, 9.17) is 11.0 Å². The second-order valence-corrected chi connectivity index (χ2v) is 5.82. The van der Waals surface area contributed by atoms with E-state index in [9.17, 15) is 9.18 Å². The molecule has 0 fully saturated rings. The Morgan fingerprint density at radius 3 is 2.72 bits per heavy atom. The van der Waals surface area contributed by atoms with Gasteiger partial charge in [-0.2, -0.15) is 5.26 Å². The summed E-state index contributed by atoms with van der Waals surface area (Å²) in [5.41, 5.74) is 9.90. The van der Waals surface area contributed by atoms with Crippen LogP contribution in [0.15, 0.2) is 53.9 Å². The van der Waals surface area contributed by atoms with Gasteiger partial charge in [0.05, 0.1) is 23.4 Å². The number of hydrogen-bond donors (Lipinski definition) is 2. The summed E-state index contributed by atoms with van der Waals surface area (Å²) in [4.78, 5) is 16.2. The number of carbonyl (C=O) groups is 1. The predicted molar refractivity (Wildman–Crippen MR) is 92.0 cm³/mol. The number of nitrogens with two attached hydrogens (primary N) is 1. The van der Waals surface area contributed by atoms with Gasteiger partial charge in [-0.05, 0) is 36.2 Å². The van der Waals surface area contributed by atoms with Crippen molar-refractivity contribution in [3.63, 3.8) is 0 Å². The van der Waals surface area contributed by atoms with Gasteiger partial charge in [0, 0.05) is 29.6 Å². The van der Waals surface area contributed by atoms with Crippen molar-refractivity contribution in [1.82, 2.24) is 4.98 Å². The minimum atomic E-state index is -0.648. The van der Waals surface area contributed by atoms with Gasteiger partial charge in [-0.25, -0.2) is 4.39 Å². The molecule has 1 unspecified atom stereocenters. The number of rotatable bonds is 5. The van der Waals surface area contributed by atoms with Crippen LogP contribution in [0.4, 0.5) is 10.1 Å². The molecule has 5 nitrogen and oxygen atoms in total. The molecule has 1 atom stereocenters. The summed E-state index contributed by atoms with van der Waals surface area (Å²) in [5.74, 6) is -0.000805. The molecule has 1 aliphatic rings. The third-order valence-corrected chi connectivity index (χ3v) is 4.19. The van der Waals surface area contributed by atoms with Crippen LogP contribution >= 0.6 is 0 Å². The monoisotopic (exact) mass is 336 g/mol. The topological polar surface area (TPSA) is 91.8 Å². The van der Waals surface area contributed by atoms with Gasteiger partial charge in [0.25, 0.3) is 0 Å². The number of nitriles is 1. The zero-order valence-corrected chi connectivity index (χ0v) is 13.5. The van der Waals surface area contributed by atoms with Crippen molar-refractivity contribution >= 4 is 11.5 Å². The van der Waals surface area contributed by atoms with Crippen LogP contribution in [0.25, 0.3) is 0 Å².